The third-order valence-electron chi connectivity index (χ3n) is 4.48. The number of carbonyl (C=O) groups excluding carboxylic acids is 2. The number of carbonyl (C=O) groups is 2. The molecule has 2 atom stereocenters. The summed E-state index contributed by atoms with van der Waals surface area (Å²) in [7, 11) is 2.48. The van der Waals surface area contributed by atoms with E-state index in [-0.39, 0.29) is 11.2 Å². The van der Waals surface area contributed by atoms with Crippen LogP contribution < -0.4 is 0 Å². The van der Waals surface area contributed by atoms with Crippen LogP contribution in [0.1, 0.15) is 59.3 Å². The van der Waals surface area contributed by atoms with E-state index in [0.717, 1.165) is 11.1 Å². The highest BCUT2D eigenvalue weighted by molar-refractivity contribution is 7.00. The molecule has 0 aliphatic rings. The molecular weight excluding hydrogens is 359 g/mol. The number of ether oxygens (including phenoxy) is 1. The van der Waals surface area contributed by atoms with Gasteiger partial charge in [0.25, 0.3) is 0 Å². The van der Waals surface area contributed by atoms with Crippen LogP contribution in [-0.2, 0) is 19.5 Å². The van der Waals surface area contributed by atoms with E-state index in [9.17, 15) is 9.59 Å². The van der Waals surface area contributed by atoms with Crippen LogP contribution in [0.25, 0.3) is 0 Å². The SMILES string of the molecule is COC(=O)C(C(=O)c1c(C)cc(C(C)(C)C)cc1C)c1ccccc1.O=[PH2+]. The molecule has 0 bridgehead atoms. The first-order valence-electron chi connectivity index (χ1n) is 8.69. The number of ketones is 1. The molecule has 0 aromatic heterocycles. The zero-order valence-electron chi connectivity index (χ0n) is 16.8. The minimum Gasteiger partial charge on any atom is -0.468 e. The van der Waals surface area contributed by atoms with Crippen LogP contribution in [0.2, 0.25) is 0 Å². The van der Waals surface area contributed by atoms with Crippen molar-refractivity contribution in [2.45, 2.75) is 46.0 Å². The number of hydrogen-bond donors (Lipinski definition) is 0. The van der Waals surface area contributed by atoms with E-state index < -0.39 is 11.9 Å². The van der Waals surface area contributed by atoms with Crippen LogP contribution >= 0.6 is 9.12 Å². The van der Waals surface area contributed by atoms with Crippen molar-refractivity contribution in [2.24, 2.45) is 0 Å². The van der Waals surface area contributed by atoms with Gasteiger partial charge in [-0.25, -0.2) is 0 Å². The predicted molar refractivity (Wildman–Crippen MR) is 111 cm³/mol. The molecule has 0 saturated carbocycles. The molecule has 2 aromatic carbocycles. The van der Waals surface area contributed by atoms with Gasteiger partial charge in [-0.2, -0.15) is 0 Å². The van der Waals surface area contributed by atoms with Gasteiger partial charge in [0.2, 0.25) is 0 Å². The molecule has 0 radical (unpaired) electrons. The van der Waals surface area contributed by atoms with Crippen LogP contribution in [0.5, 0.6) is 0 Å². The molecule has 0 heterocycles. The average Bonchev–Trinajstić information content (AvgIpc) is 2.63. The summed E-state index contributed by atoms with van der Waals surface area (Å²) in [6.45, 7) is 10.3. The van der Waals surface area contributed by atoms with Crippen LogP contribution in [0.15, 0.2) is 42.5 Å². The zero-order chi connectivity index (χ0) is 20.8. The van der Waals surface area contributed by atoms with Crippen molar-refractivity contribution < 1.29 is 18.9 Å². The largest absolute Gasteiger partial charge is 0.468 e. The molecule has 2 rings (SSSR count). The van der Waals surface area contributed by atoms with E-state index in [2.05, 4.69) is 20.8 Å². The lowest BCUT2D eigenvalue weighted by atomic mass is 9.81. The molecule has 0 spiro atoms. The van der Waals surface area contributed by atoms with Gasteiger partial charge in [-0.15, -0.1) is 0 Å². The Morgan fingerprint density at radius 1 is 0.963 bits per heavy atom. The maximum absolute atomic E-state index is 13.2. The number of benzene rings is 2. The van der Waals surface area contributed by atoms with Crippen molar-refractivity contribution in [1.29, 1.82) is 0 Å². The zero-order valence-corrected chi connectivity index (χ0v) is 18.0. The van der Waals surface area contributed by atoms with Crippen LogP contribution in [0.4, 0.5) is 0 Å². The summed E-state index contributed by atoms with van der Waals surface area (Å²) in [6, 6.07) is 13.2. The van der Waals surface area contributed by atoms with E-state index in [0.29, 0.717) is 11.1 Å². The topological polar surface area (TPSA) is 60.4 Å². The quantitative estimate of drug-likeness (QED) is 0.322. The summed E-state index contributed by atoms with van der Waals surface area (Å²) in [5, 5.41) is 0. The standard InChI is InChI=1S/C22H26O3.H2OP/c1-14-12-17(22(3,4)5)13-15(2)18(14)20(23)19(21(24)25-6)16-10-8-7-9-11-16;1-2/h7-13,19H,1-6H3;2H2/q;+1. The Labute approximate surface area is 163 Å². The highest BCUT2D eigenvalue weighted by Crippen LogP contribution is 2.30. The lowest BCUT2D eigenvalue weighted by Crippen LogP contribution is -2.25. The molecule has 0 fully saturated rings. The van der Waals surface area contributed by atoms with Gasteiger partial charge < -0.3 is 4.74 Å². The normalized spacial score (nSPS) is 11.8. The molecule has 144 valence electrons. The lowest BCUT2D eigenvalue weighted by molar-refractivity contribution is -0.141. The minimum absolute atomic E-state index is 0.00171. The Morgan fingerprint density at radius 3 is 1.85 bits per heavy atom. The molecule has 0 N–H and O–H groups in total. The molecule has 0 aliphatic carbocycles. The number of rotatable bonds is 4. The van der Waals surface area contributed by atoms with Crippen molar-refractivity contribution in [2.75, 3.05) is 7.11 Å². The second-order valence-electron chi connectivity index (χ2n) is 7.47. The minimum atomic E-state index is -0.941. The summed E-state index contributed by atoms with van der Waals surface area (Å²) in [6.07, 6.45) is 0. The van der Waals surface area contributed by atoms with Gasteiger partial charge in [0.05, 0.1) is 7.11 Å². The van der Waals surface area contributed by atoms with Crippen LogP contribution in [0, 0.1) is 13.8 Å². The van der Waals surface area contributed by atoms with Crippen LogP contribution in [0.3, 0.4) is 0 Å². The van der Waals surface area contributed by atoms with Crippen molar-refractivity contribution in [3.05, 3.63) is 70.3 Å². The first-order chi connectivity index (χ1) is 12.7. The van der Waals surface area contributed by atoms with E-state index in [1.807, 2.05) is 44.2 Å². The van der Waals surface area contributed by atoms with Crippen molar-refractivity contribution in [1.82, 2.24) is 0 Å². The first kappa shape index (κ1) is 22.7. The third-order valence-corrected chi connectivity index (χ3v) is 4.48. The molecule has 2 unspecified atom stereocenters. The lowest BCUT2D eigenvalue weighted by Gasteiger charge is -2.23. The Bertz CT molecular complexity index is 784. The Morgan fingerprint density at radius 2 is 1.44 bits per heavy atom. The van der Waals surface area contributed by atoms with E-state index in [1.165, 1.54) is 21.8 Å². The molecule has 0 aliphatic heterocycles. The number of esters is 1. The highest BCUT2D eigenvalue weighted by Gasteiger charge is 2.32. The van der Waals surface area contributed by atoms with Crippen molar-refractivity contribution >= 4 is 20.9 Å². The van der Waals surface area contributed by atoms with E-state index in [1.54, 1.807) is 12.1 Å². The molecule has 5 heteroatoms. The summed E-state index contributed by atoms with van der Waals surface area (Å²) in [5.74, 6) is -1.69. The van der Waals surface area contributed by atoms with Gasteiger partial charge in [0.15, 0.2) is 5.78 Å². The Kier molecular flexibility index (Phi) is 8.05. The Hall–Kier alpha value is -2.32. The number of hydrogen-bond acceptors (Lipinski definition) is 4. The fraction of sp³-hybridized carbons (Fsp3) is 0.364. The third kappa shape index (κ3) is 5.33. The Balaban J connectivity index is 0.00000176. The fourth-order valence-electron chi connectivity index (χ4n) is 3.09. The number of aryl methyl sites for hydroxylation is 2. The predicted octanol–water partition coefficient (Wildman–Crippen LogP) is 4.95. The maximum Gasteiger partial charge on any atom is 0.321 e. The van der Waals surface area contributed by atoms with Crippen LogP contribution in [-0.4, -0.2) is 18.9 Å². The second-order valence-corrected chi connectivity index (χ2v) is 7.47. The van der Waals surface area contributed by atoms with Gasteiger partial charge in [0.1, 0.15) is 5.92 Å². The molecule has 0 saturated heterocycles. The molecule has 2 aromatic rings. The fourth-order valence-corrected chi connectivity index (χ4v) is 3.09. The number of methoxy groups -OCH3 is 1. The first-order valence-corrected chi connectivity index (χ1v) is 9.16. The highest BCUT2D eigenvalue weighted by atomic mass is 31.0. The van der Waals surface area contributed by atoms with Gasteiger partial charge in [-0.05, 0) is 41.5 Å². The van der Waals surface area contributed by atoms with Gasteiger partial charge in [0, 0.05) is 5.56 Å². The summed E-state index contributed by atoms with van der Waals surface area (Å²) < 4.78 is 13.1. The van der Waals surface area contributed by atoms with E-state index in [4.69, 9.17) is 9.30 Å². The molecule has 4 nitrogen and oxygen atoms in total. The summed E-state index contributed by atoms with van der Waals surface area (Å²) in [4.78, 5) is 25.6. The summed E-state index contributed by atoms with van der Waals surface area (Å²) in [5.41, 5.74) is 4.20. The molecule has 27 heavy (non-hydrogen) atoms. The monoisotopic (exact) mass is 387 g/mol. The molecular formula is C22H28O4P+. The number of Topliss-reactive ketones (excluding diaryl/α,β-unsaturated/α-hetero) is 1. The van der Waals surface area contributed by atoms with E-state index >= 15 is 0 Å². The summed E-state index contributed by atoms with van der Waals surface area (Å²) >= 11 is 0. The smallest absolute Gasteiger partial charge is 0.321 e. The van der Waals surface area contributed by atoms with Crippen molar-refractivity contribution in [3.8, 4) is 0 Å². The molecule has 0 amide bonds. The van der Waals surface area contributed by atoms with Gasteiger partial charge >= 0.3 is 15.1 Å². The maximum atomic E-state index is 13.2. The average molecular weight is 387 g/mol. The van der Waals surface area contributed by atoms with Crippen molar-refractivity contribution in [3.63, 3.8) is 0 Å². The second kappa shape index (κ2) is 9.57. The van der Waals surface area contributed by atoms with Gasteiger partial charge in [-0.3, -0.25) is 9.59 Å². The van der Waals surface area contributed by atoms with Gasteiger partial charge in [-0.1, -0.05) is 67.8 Å².